The molecule has 10 heteroatoms. The smallest absolute Gasteiger partial charge is 0.371 e. The Labute approximate surface area is 164 Å². The van der Waals surface area contributed by atoms with Gasteiger partial charge in [-0.15, -0.1) is 0 Å². The SMILES string of the molecule is O=C1CCC(N2C(=O)c3c(NCc4ccc(C(=O)O)o4)cccc3C2O)C(=O)N1. The van der Waals surface area contributed by atoms with Crippen molar-refractivity contribution < 1.29 is 33.8 Å². The number of aliphatic hydroxyl groups excluding tert-OH is 1. The van der Waals surface area contributed by atoms with Crippen LogP contribution in [0.4, 0.5) is 5.69 Å². The number of furan rings is 1. The number of carboxylic acids is 1. The zero-order valence-electron chi connectivity index (χ0n) is 15.0. The maximum atomic E-state index is 13.0. The van der Waals surface area contributed by atoms with E-state index in [0.717, 1.165) is 4.90 Å². The molecule has 0 saturated carbocycles. The number of hydrogen-bond donors (Lipinski definition) is 4. The number of fused-ring (bicyclic) bond motifs is 1. The number of aromatic carboxylic acids is 1. The van der Waals surface area contributed by atoms with Crippen LogP contribution >= 0.6 is 0 Å². The van der Waals surface area contributed by atoms with Gasteiger partial charge in [-0.25, -0.2) is 4.79 Å². The Morgan fingerprint density at radius 2 is 2.03 bits per heavy atom. The quantitative estimate of drug-likeness (QED) is 0.541. The summed E-state index contributed by atoms with van der Waals surface area (Å²) in [5.41, 5.74) is 0.972. The van der Waals surface area contributed by atoms with E-state index in [1.807, 2.05) is 0 Å². The number of benzene rings is 1. The lowest BCUT2D eigenvalue weighted by molar-refractivity contribution is -0.139. The number of aliphatic hydroxyl groups is 1. The molecule has 29 heavy (non-hydrogen) atoms. The molecular weight excluding hydrogens is 382 g/mol. The summed E-state index contributed by atoms with van der Waals surface area (Å²) in [6.07, 6.45) is -1.10. The van der Waals surface area contributed by atoms with E-state index < -0.39 is 36.0 Å². The van der Waals surface area contributed by atoms with Gasteiger partial charge in [0.1, 0.15) is 11.8 Å². The van der Waals surface area contributed by atoms with Gasteiger partial charge in [0.05, 0.1) is 12.1 Å². The highest BCUT2D eigenvalue weighted by molar-refractivity contribution is 6.08. The molecule has 2 atom stereocenters. The zero-order valence-corrected chi connectivity index (χ0v) is 15.0. The maximum Gasteiger partial charge on any atom is 0.371 e. The van der Waals surface area contributed by atoms with Crippen LogP contribution in [0.25, 0.3) is 0 Å². The van der Waals surface area contributed by atoms with Crippen LogP contribution in [-0.4, -0.2) is 44.8 Å². The predicted octanol–water partition coefficient (Wildman–Crippen LogP) is 0.842. The van der Waals surface area contributed by atoms with Gasteiger partial charge in [-0.1, -0.05) is 12.1 Å². The Hall–Kier alpha value is -3.66. The van der Waals surface area contributed by atoms with E-state index in [4.69, 9.17) is 9.52 Å². The molecule has 2 unspecified atom stereocenters. The largest absolute Gasteiger partial charge is 0.475 e. The molecule has 1 aromatic heterocycles. The standard InChI is InChI=1S/C19H17N3O7/c23-14-7-5-12(16(24)21-14)22-17(25)10-2-1-3-11(15(10)18(22)26)20-8-9-4-6-13(29-9)19(27)28/h1-4,6,12,17,20,25H,5,7-8H2,(H,27,28)(H,21,23,24). The van der Waals surface area contributed by atoms with E-state index in [9.17, 15) is 24.3 Å². The second-order valence-corrected chi connectivity index (χ2v) is 6.75. The lowest BCUT2D eigenvalue weighted by Crippen LogP contribution is -2.53. The van der Waals surface area contributed by atoms with Gasteiger partial charge in [0.2, 0.25) is 17.6 Å². The van der Waals surface area contributed by atoms with Crippen LogP contribution in [-0.2, 0) is 16.1 Å². The average molecular weight is 399 g/mol. The van der Waals surface area contributed by atoms with Gasteiger partial charge in [0, 0.05) is 17.7 Å². The molecule has 2 aromatic rings. The summed E-state index contributed by atoms with van der Waals surface area (Å²) in [5.74, 6) is -2.59. The fourth-order valence-electron chi connectivity index (χ4n) is 3.59. The van der Waals surface area contributed by atoms with Crippen LogP contribution in [0.3, 0.4) is 0 Å². The van der Waals surface area contributed by atoms with Gasteiger partial charge in [0.25, 0.3) is 5.91 Å². The molecule has 1 fully saturated rings. The Morgan fingerprint density at radius 1 is 1.24 bits per heavy atom. The van der Waals surface area contributed by atoms with E-state index in [0.29, 0.717) is 17.0 Å². The van der Waals surface area contributed by atoms with Crippen molar-refractivity contribution in [2.45, 2.75) is 31.7 Å². The molecule has 150 valence electrons. The topological polar surface area (TPSA) is 149 Å². The van der Waals surface area contributed by atoms with Gasteiger partial charge >= 0.3 is 5.97 Å². The van der Waals surface area contributed by atoms with E-state index in [2.05, 4.69) is 10.6 Å². The van der Waals surface area contributed by atoms with Gasteiger partial charge in [-0.2, -0.15) is 0 Å². The van der Waals surface area contributed by atoms with Crippen molar-refractivity contribution in [3.05, 3.63) is 53.0 Å². The molecule has 10 nitrogen and oxygen atoms in total. The van der Waals surface area contributed by atoms with Crippen LogP contribution in [0.15, 0.2) is 34.7 Å². The first kappa shape index (κ1) is 18.7. The van der Waals surface area contributed by atoms with Crippen LogP contribution in [0.1, 0.15) is 51.3 Å². The van der Waals surface area contributed by atoms with Crippen LogP contribution in [0.2, 0.25) is 0 Å². The number of piperidine rings is 1. The Bertz CT molecular complexity index is 1030. The average Bonchev–Trinajstić information content (AvgIpc) is 3.25. The van der Waals surface area contributed by atoms with Crippen molar-refractivity contribution in [1.29, 1.82) is 0 Å². The third-order valence-electron chi connectivity index (χ3n) is 4.96. The van der Waals surface area contributed by atoms with Crippen LogP contribution in [0, 0.1) is 0 Å². The fourth-order valence-corrected chi connectivity index (χ4v) is 3.59. The van der Waals surface area contributed by atoms with Gasteiger partial charge in [-0.3, -0.25) is 24.6 Å². The number of carbonyl (C=O) groups is 4. The number of carboxylic acid groups (broad SMARTS) is 1. The number of nitrogens with one attached hydrogen (secondary N) is 2. The summed E-state index contributed by atoms with van der Waals surface area (Å²) < 4.78 is 5.18. The van der Waals surface area contributed by atoms with Gasteiger partial charge < -0.3 is 19.9 Å². The highest BCUT2D eigenvalue weighted by Crippen LogP contribution is 2.38. The highest BCUT2D eigenvalue weighted by Gasteiger charge is 2.45. The van der Waals surface area contributed by atoms with Crippen LogP contribution in [0.5, 0.6) is 0 Å². The molecule has 0 bridgehead atoms. The van der Waals surface area contributed by atoms with E-state index >= 15 is 0 Å². The summed E-state index contributed by atoms with van der Waals surface area (Å²) in [4.78, 5) is 48.6. The molecule has 4 rings (SSSR count). The number of hydrogen-bond acceptors (Lipinski definition) is 7. The van der Waals surface area contributed by atoms with E-state index in [-0.39, 0.29) is 30.7 Å². The molecule has 0 radical (unpaired) electrons. The number of amides is 3. The number of imide groups is 1. The first-order valence-corrected chi connectivity index (χ1v) is 8.90. The fraction of sp³-hybridized carbons (Fsp3) is 0.263. The summed E-state index contributed by atoms with van der Waals surface area (Å²) in [6, 6.07) is 6.76. The van der Waals surface area contributed by atoms with E-state index in [1.54, 1.807) is 18.2 Å². The monoisotopic (exact) mass is 399 g/mol. The van der Waals surface area contributed by atoms with Crippen molar-refractivity contribution in [2.24, 2.45) is 0 Å². The molecule has 2 aliphatic heterocycles. The zero-order chi connectivity index (χ0) is 20.7. The van der Waals surface area contributed by atoms with Gasteiger partial charge in [-0.05, 0) is 24.6 Å². The third-order valence-corrected chi connectivity index (χ3v) is 4.96. The van der Waals surface area contributed by atoms with Crippen LogP contribution < -0.4 is 10.6 Å². The summed E-state index contributed by atoms with van der Waals surface area (Å²) in [7, 11) is 0. The Morgan fingerprint density at radius 3 is 2.72 bits per heavy atom. The van der Waals surface area contributed by atoms with Crippen molar-refractivity contribution in [3.8, 4) is 0 Å². The molecule has 4 N–H and O–H groups in total. The second-order valence-electron chi connectivity index (χ2n) is 6.75. The van der Waals surface area contributed by atoms with Crippen molar-refractivity contribution >= 4 is 29.4 Å². The van der Waals surface area contributed by atoms with Gasteiger partial charge in [0.15, 0.2) is 6.23 Å². The molecule has 2 aliphatic rings. The molecule has 1 saturated heterocycles. The summed E-state index contributed by atoms with van der Waals surface area (Å²) in [5, 5.41) is 24.8. The minimum Gasteiger partial charge on any atom is -0.475 e. The Kier molecular flexibility index (Phi) is 4.55. The Balaban J connectivity index is 1.57. The number of anilines is 1. The number of rotatable bonds is 5. The molecule has 0 spiro atoms. The minimum absolute atomic E-state index is 0.0821. The van der Waals surface area contributed by atoms with Crippen molar-refractivity contribution in [3.63, 3.8) is 0 Å². The number of carbonyl (C=O) groups excluding carboxylic acids is 3. The molecule has 1 aromatic carbocycles. The summed E-state index contributed by atoms with van der Waals surface area (Å²) >= 11 is 0. The molecule has 0 aliphatic carbocycles. The maximum absolute atomic E-state index is 13.0. The summed E-state index contributed by atoms with van der Waals surface area (Å²) in [6.45, 7) is 0.117. The predicted molar refractivity (Wildman–Crippen MR) is 96.7 cm³/mol. The molecular formula is C19H17N3O7. The lowest BCUT2D eigenvalue weighted by Gasteiger charge is -2.31. The lowest BCUT2D eigenvalue weighted by atomic mass is 10.0. The number of nitrogens with zero attached hydrogens (tertiary/aromatic N) is 1. The van der Waals surface area contributed by atoms with Crippen molar-refractivity contribution in [2.75, 3.05) is 5.32 Å². The van der Waals surface area contributed by atoms with Crippen molar-refractivity contribution in [1.82, 2.24) is 10.2 Å². The minimum atomic E-state index is -1.31. The van der Waals surface area contributed by atoms with E-state index in [1.165, 1.54) is 12.1 Å². The molecule has 3 amide bonds. The second kappa shape index (κ2) is 7.06. The normalized spacial score (nSPS) is 21.1. The first-order chi connectivity index (χ1) is 13.9. The third kappa shape index (κ3) is 3.23. The molecule has 3 heterocycles. The highest BCUT2D eigenvalue weighted by atomic mass is 16.4. The first-order valence-electron chi connectivity index (χ1n) is 8.90.